The highest BCUT2D eigenvalue weighted by atomic mass is 35.5. The molecule has 174 valence electrons. The Hall–Kier alpha value is -3.03. The van der Waals surface area contributed by atoms with Gasteiger partial charge in [0, 0.05) is 5.02 Å². The number of carbonyl (C=O) groups excluding carboxylic acids is 1. The van der Waals surface area contributed by atoms with E-state index >= 15 is 0 Å². The first-order chi connectivity index (χ1) is 15.8. The lowest BCUT2D eigenvalue weighted by Gasteiger charge is -2.24. The number of hydrogen-bond acceptors (Lipinski definition) is 4. The zero-order valence-electron chi connectivity index (χ0n) is 18.6. The number of sulfonamides is 1. The van der Waals surface area contributed by atoms with Gasteiger partial charge in [0.25, 0.3) is 10.0 Å². The molecule has 0 heterocycles. The molecular weight excluding hydrogens is 460 g/mol. The minimum Gasteiger partial charge on any atom is -0.492 e. The van der Waals surface area contributed by atoms with Gasteiger partial charge in [0.2, 0.25) is 5.91 Å². The Morgan fingerprint density at radius 2 is 1.61 bits per heavy atom. The molecule has 0 unspecified atom stereocenters. The van der Waals surface area contributed by atoms with E-state index in [4.69, 9.17) is 16.3 Å². The molecule has 0 spiro atoms. The summed E-state index contributed by atoms with van der Waals surface area (Å²) < 4.78 is 33.4. The molecule has 0 fully saturated rings. The number of benzene rings is 3. The zero-order chi connectivity index (χ0) is 23.8. The van der Waals surface area contributed by atoms with Crippen LogP contribution in [0, 0.1) is 6.92 Å². The second-order valence-corrected chi connectivity index (χ2v) is 9.80. The molecule has 1 N–H and O–H groups in total. The van der Waals surface area contributed by atoms with Crippen LogP contribution in [-0.2, 0) is 21.2 Å². The molecule has 0 bridgehead atoms. The summed E-state index contributed by atoms with van der Waals surface area (Å²) in [6.45, 7) is 4.10. The fraction of sp³-hybridized carbons (Fsp3) is 0.240. The van der Waals surface area contributed by atoms with Crippen LogP contribution in [0.5, 0.6) is 5.75 Å². The normalized spacial score (nSPS) is 11.1. The molecule has 3 rings (SSSR count). The van der Waals surface area contributed by atoms with E-state index < -0.39 is 15.9 Å². The summed E-state index contributed by atoms with van der Waals surface area (Å²) in [5.41, 5.74) is 2.50. The lowest BCUT2D eigenvalue weighted by atomic mass is 10.2. The van der Waals surface area contributed by atoms with Crippen molar-refractivity contribution in [2.45, 2.75) is 25.2 Å². The minimum atomic E-state index is -3.96. The van der Waals surface area contributed by atoms with Crippen molar-refractivity contribution in [3.05, 3.63) is 88.9 Å². The van der Waals surface area contributed by atoms with E-state index in [1.807, 2.05) is 31.2 Å². The molecule has 0 aliphatic heterocycles. The van der Waals surface area contributed by atoms with Gasteiger partial charge < -0.3 is 10.1 Å². The lowest BCUT2D eigenvalue weighted by molar-refractivity contribution is -0.119. The number of nitrogens with one attached hydrogen (secondary N) is 1. The van der Waals surface area contributed by atoms with Crippen LogP contribution in [0.1, 0.15) is 18.1 Å². The number of halogens is 1. The third-order valence-corrected chi connectivity index (χ3v) is 7.08. The fourth-order valence-electron chi connectivity index (χ4n) is 3.13. The highest BCUT2D eigenvalue weighted by molar-refractivity contribution is 7.92. The van der Waals surface area contributed by atoms with Crippen molar-refractivity contribution < 1.29 is 17.9 Å². The maximum absolute atomic E-state index is 13.3. The van der Waals surface area contributed by atoms with Crippen LogP contribution < -0.4 is 14.4 Å². The quantitative estimate of drug-likeness (QED) is 0.425. The van der Waals surface area contributed by atoms with Gasteiger partial charge in [-0.05, 0) is 67.4 Å². The van der Waals surface area contributed by atoms with Gasteiger partial charge >= 0.3 is 0 Å². The van der Waals surface area contributed by atoms with Crippen molar-refractivity contribution in [3.8, 4) is 5.75 Å². The number of carbonyl (C=O) groups is 1. The topological polar surface area (TPSA) is 75.7 Å². The van der Waals surface area contributed by atoms with Crippen molar-refractivity contribution in [1.29, 1.82) is 0 Å². The molecule has 1 amide bonds. The molecule has 0 saturated heterocycles. The van der Waals surface area contributed by atoms with Crippen LogP contribution in [0.15, 0.2) is 77.7 Å². The van der Waals surface area contributed by atoms with Crippen molar-refractivity contribution in [2.24, 2.45) is 0 Å². The molecule has 0 atom stereocenters. The van der Waals surface area contributed by atoms with Gasteiger partial charge in [-0.1, -0.05) is 48.4 Å². The Labute approximate surface area is 200 Å². The number of hydrogen-bond donors (Lipinski definition) is 1. The number of rotatable bonds is 10. The van der Waals surface area contributed by atoms with Gasteiger partial charge in [0.15, 0.2) is 0 Å². The first kappa shape index (κ1) is 24.6. The molecule has 0 aromatic heterocycles. The molecule has 0 radical (unpaired) electrons. The SMILES string of the molecule is CCc1ccc(OCCNC(=O)CN(c2ccc(Cl)cc2)S(=O)(=O)c2ccc(C)cc2)cc1. The van der Waals surface area contributed by atoms with Crippen LogP contribution in [-0.4, -0.2) is 34.0 Å². The Balaban J connectivity index is 1.67. The first-order valence-corrected chi connectivity index (χ1v) is 12.4. The summed E-state index contributed by atoms with van der Waals surface area (Å²) in [6.07, 6.45) is 0.950. The zero-order valence-corrected chi connectivity index (χ0v) is 20.2. The molecule has 3 aromatic rings. The van der Waals surface area contributed by atoms with E-state index in [0.29, 0.717) is 16.5 Å². The maximum Gasteiger partial charge on any atom is 0.264 e. The van der Waals surface area contributed by atoms with Gasteiger partial charge in [-0.3, -0.25) is 9.10 Å². The van der Waals surface area contributed by atoms with E-state index in [9.17, 15) is 13.2 Å². The molecule has 33 heavy (non-hydrogen) atoms. The van der Waals surface area contributed by atoms with Gasteiger partial charge in [0.1, 0.15) is 18.9 Å². The smallest absolute Gasteiger partial charge is 0.264 e. The molecule has 0 saturated carbocycles. The third kappa shape index (κ3) is 6.73. The second-order valence-electron chi connectivity index (χ2n) is 7.50. The van der Waals surface area contributed by atoms with Crippen LogP contribution >= 0.6 is 11.6 Å². The summed E-state index contributed by atoms with van der Waals surface area (Å²) in [5.74, 6) is 0.275. The summed E-state index contributed by atoms with van der Waals surface area (Å²) >= 11 is 5.96. The van der Waals surface area contributed by atoms with Crippen LogP contribution in [0.3, 0.4) is 0 Å². The lowest BCUT2D eigenvalue weighted by Crippen LogP contribution is -2.41. The fourth-order valence-corrected chi connectivity index (χ4v) is 4.67. The summed E-state index contributed by atoms with van der Waals surface area (Å²) in [7, 11) is -3.96. The Bertz CT molecular complexity index is 1160. The maximum atomic E-state index is 13.3. The summed E-state index contributed by atoms with van der Waals surface area (Å²) in [4.78, 5) is 12.7. The van der Waals surface area contributed by atoms with E-state index in [2.05, 4.69) is 12.2 Å². The predicted octanol–water partition coefficient (Wildman–Crippen LogP) is 4.60. The number of aryl methyl sites for hydroxylation is 2. The standard InChI is InChI=1S/C25H27ClN2O4S/c1-3-20-6-12-23(13-7-20)32-17-16-27-25(29)18-28(22-10-8-21(26)9-11-22)33(30,31)24-14-4-19(2)5-15-24/h4-15H,3,16-18H2,1-2H3,(H,27,29). The molecule has 6 nitrogen and oxygen atoms in total. The van der Waals surface area contributed by atoms with Gasteiger partial charge in [-0.2, -0.15) is 0 Å². The second kappa shape index (κ2) is 11.2. The average Bonchev–Trinajstić information content (AvgIpc) is 2.81. The molecule has 8 heteroatoms. The van der Waals surface area contributed by atoms with Gasteiger partial charge in [-0.25, -0.2) is 8.42 Å². The summed E-state index contributed by atoms with van der Waals surface area (Å²) in [5, 5.41) is 3.20. The van der Waals surface area contributed by atoms with Crippen molar-refractivity contribution in [2.75, 3.05) is 24.0 Å². The van der Waals surface area contributed by atoms with Crippen molar-refractivity contribution in [1.82, 2.24) is 5.32 Å². The number of nitrogens with zero attached hydrogens (tertiary/aromatic N) is 1. The molecular formula is C25H27ClN2O4S. The van der Waals surface area contributed by atoms with Crippen molar-refractivity contribution in [3.63, 3.8) is 0 Å². The van der Waals surface area contributed by atoms with E-state index in [1.54, 1.807) is 36.4 Å². The van der Waals surface area contributed by atoms with Crippen molar-refractivity contribution >= 4 is 33.2 Å². The van der Waals surface area contributed by atoms with Crippen LogP contribution in [0.2, 0.25) is 5.02 Å². The van der Waals surface area contributed by atoms with Crippen LogP contribution in [0.4, 0.5) is 5.69 Å². The van der Waals surface area contributed by atoms with E-state index in [1.165, 1.54) is 17.7 Å². The number of anilines is 1. The predicted molar refractivity (Wildman–Crippen MR) is 131 cm³/mol. The largest absolute Gasteiger partial charge is 0.492 e. The summed E-state index contributed by atoms with van der Waals surface area (Å²) in [6, 6.07) is 20.6. The first-order valence-electron chi connectivity index (χ1n) is 10.6. The molecule has 3 aromatic carbocycles. The van der Waals surface area contributed by atoms with Crippen LogP contribution in [0.25, 0.3) is 0 Å². The third-order valence-electron chi connectivity index (χ3n) is 5.04. The molecule has 0 aliphatic carbocycles. The number of ether oxygens (including phenoxy) is 1. The Kier molecular flexibility index (Phi) is 8.36. The Morgan fingerprint density at radius 3 is 2.21 bits per heavy atom. The van der Waals surface area contributed by atoms with Gasteiger partial charge in [0.05, 0.1) is 17.1 Å². The van der Waals surface area contributed by atoms with E-state index in [-0.39, 0.29) is 24.6 Å². The highest BCUT2D eigenvalue weighted by Crippen LogP contribution is 2.25. The average molecular weight is 487 g/mol. The Morgan fingerprint density at radius 1 is 0.970 bits per heavy atom. The highest BCUT2D eigenvalue weighted by Gasteiger charge is 2.27. The monoisotopic (exact) mass is 486 g/mol. The van der Waals surface area contributed by atoms with Gasteiger partial charge in [-0.15, -0.1) is 0 Å². The number of amides is 1. The minimum absolute atomic E-state index is 0.106. The van der Waals surface area contributed by atoms with E-state index in [0.717, 1.165) is 16.3 Å². The molecule has 0 aliphatic rings.